The number of anilines is 1. The third kappa shape index (κ3) is 4.50. The highest BCUT2D eigenvalue weighted by Gasteiger charge is 2.16. The highest BCUT2D eigenvalue weighted by Crippen LogP contribution is 2.19. The molecule has 160 valence electrons. The zero-order chi connectivity index (χ0) is 21.8. The molecule has 2 heterocycles. The lowest BCUT2D eigenvalue weighted by molar-refractivity contribution is -0.119. The number of benzene rings is 2. The summed E-state index contributed by atoms with van der Waals surface area (Å²) in [6.07, 6.45) is 5.22. The van der Waals surface area contributed by atoms with Gasteiger partial charge in [0.15, 0.2) is 0 Å². The Hall–Kier alpha value is -3.48. The molecule has 0 radical (unpaired) electrons. The van der Waals surface area contributed by atoms with Crippen LogP contribution in [0.5, 0.6) is 0 Å². The van der Waals surface area contributed by atoms with Crippen molar-refractivity contribution >= 4 is 28.4 Å². The summed E-state index contributed by atoms with van der Waals surface area (Å²) < 4.78 is 1.79. The number of aryl methyl sites for hydroxylation is 1. The van der Waals surface area contributed by atoms with Crippen molar-refractivity contribution in [3.05, 3.63) is 69.8 Å². The van der Waals surface area contributed by atoms with E-state index in [4.69, 9.17) is 4.98 Å². The van der Waals surface area contributed by atoms with Gasteiger partial charge in [0.1, 0.15) is 5.82 Å². The number of fused-ring (bicyclic) bond motifs is 2. The summed E-state index contributed by atoms with van der Waals surface area (Å²) >= 11 is 0. The second-order valence-corrected chi connectivity index (χ2v) is 7.84. The monoisotopic (exact) mass is 418 g/mol. The van der Waals surface area contributed by atoms with E-state index in [1.165, 1.54) is 0 Å². The minimum atomic E-state index is -0.306. The molecular formula is C24H26N4O3. The molecule has 2 N–H and O–H groups in total. The molecule has 1 aliphatic rings. The maximum absolute atomic E-state index is 13.0. The molecule has 0 spiro atoms. The number of likely N-dealkylation sites (N-methyl/N-ethyl adjacent to an activating group) is 1. The first-order valence-corrected chi connectivity index (χ1v) is 10.7. The maximum atomic E-state index is 13.0. The fourth-order valence-corrected chi connectivity index (χ4v) is 3.99. The second kappa shape index (κ2) is 9.12. The summed E-state index contributed by atoms with van der Waals surface area (Å²) in [6.45, 7) is 0.696. The lowest BCUT2D eigenvalue weighted by Gasteiger charge is -2.16. The number of aromatic nitrogens is 2. The molecule has 0 fully saturated rings. The van der Waals surface area contributed by atoms with Crippen LogP contribution in [0.4, 0.5) is 5.69 Å². The van der Waals surface area contributed by atoms with E-state index in [9.17, 15) is 14.4 Å². The van der Waals surface area contributed by atoms with Crippen molar-refractivity contribution in [3.63, 3.8) is 0 Å². The number of nitrogens with zero attached hydrogens (tertiary/aromatic N) is 2. The van der Waals surface area contributed by atoms with Gasteiger partial charge in [-0.1, -0.05) is 31.0 Å². The van der Waals surface area contributed by atoms with Gasteiger partial charge < -0.3 is 10.6 Å². The van der Waals surface area contributed by atoms with E-state index in [0.717, 1.165) is 43.5 Å². The molecule has 0 atom stereocenters. The predicted molar refractivity (Wildman–Crippen MR) is 120 cm³/mol. The molecule has 0 bridgehead atoms. The Kier molecular flexibility index (Phi) is 6.11. The molecule has 2 amide bonds. The Balaban J connectivity index is 1.65. The van der Waals surface area contributed by atoms with Crippen LogP contribution < -0.4 is 16.2 Å². The number of carbonyl (C=O) groups excluding carboxylic acids is 2. The Morgan fingerprint density at radius 3 is 2.71 bits per heavy atom. The van der Waals surface area contributed by atoms with E-state index in [1.54, 1.807) is 35.9 Å². The van der Waals surface area contributed by atoms with Crippen LogP contribution in [0, 0.1) is 0 Å². The molecule has 7 nitrogen and oxygen atoms in total. The van der Waals surface area contributed by atoms with Gasteiger partial charge in [-0.3, -0.25) is 19.0 Å². The van der Waals surface area contributed by atoms with Gasteiger partial charge in [-0.25, -0.2) is 4.98 Å². The van der Waals surface area contributed by atoms with Crippen LogP contribution in [0.25, 0.3) is 10.9 Å². The molecular weight excluding hydrogens is 392 g/mol. The Bertz CT molecular complexity index is 1200. The molecule has 2 aromatic carbocycles. The standard InChI is InChI=1S/C24H26N4O3/c1-25-22(29)15-16-8-5-6-9-19(16)27-23(30)17-11-12-18-20(14-17)26-21-10-4-2-3-7-13-28(21)24(18)31/h5-6,8-9,11-12,14H,2-4,7,10,13,15H2,1H3,(H,25,29)(H,27,30). The van der Waals surface area contributed by atoms with Crippen molar-refractivity contribution in [1.82, 2.24) is 14.9 Å². The SMILES string of the molecule is CNC(=O)Cc1ccccc1NC(=O)c1ccc2c(=O)n3c(nc2c1)CCCCCC3. The van der Waals surface area contributed by atoms with Crippen LogP contribution in [0.1, 0.15) is 47.4 Å². The van der Waals surface area contributed by atoms with Crippen molar-refractivity contribution in [2.45, 2.75) is 45.1 Å². The Morgan fingerprint density at radius 1 is 1.06 bits per heavy atom. The average Bonchev–Trinajstić information content (AvgIpc) is 2.76. The van der Waals surface area contributed by atoms with Crippen molar-refractivity contribution in [3.8, 4) is 0 Å². The second-order valence-electron chi connectivity index (χ2n) is 7.84. The van der Waals surface area contributed by atoms with Crippen LogP contribution in [-0.2, 0) is 24.2 Å². The molecule has 0 saturated carbocycles. The van der Waals surface area contributed by atoms with Gasteiger partial charge in [-0.05, 0) is 42.7 Å². The van der Waals surface area contributed by atoms with Gasteiger partial charge in [-0.2, -0.15) is 0 Å². The van der Waals surface area contributed by atoms with Crippen LogP contribution in [-0.4, -0.2) is 28.4 Å². The number of hydrogen-bond acceptors (Lipinski definition) is 4. The number of para-hydroxylation sites is 1. The summed E-state index contributed by atoms with van der Waals surface area (Å²) in [6, 6.07) is 12.2. The maximum Gasteiger partial charge on any atom is 0.261 e. The Labute approximate surface area is 180 Å². The smallest absolute Gasteiger partial charge is 0.261 e. The molecule has 7 heteroatoms. The summed E-state index contributed by atoms with van der Waals surface area (Å²) in [5.41, 5.74) is 2.24. The molecule has 1 aromatic heterocycles. The van der Waals surface area contributed by atoms with E-state index in [1.807, 2.05) is 18.2 Å². The van der Waals surface area contributed by atoms with Gasteiger partial charge in [0.2, 0.25) is 5.91 Å². The number of rotatable bonds is 4. The summed E-state index contributed by atoms with van der Waals surface area (Å²) in [7, 11) is 1.58. The van der Waals surface area contributed by atoms with Crippen LogP contribution in [0.3, 0.4) is 0 Å². The molecule has 0 aliphatic carbocycles. The first-order valence-electron chi connectivity index (χ1n) is 10.7. The van der Waals surface area contributed by atoms with Crippen molar-refractivity contribution < 1.29 is 9.59 Å². The van der Waals surface area contributed by atoms with Crippen molar-refractivity contribution in [1.29, 1.82) is 0 Å². The number of nitrogens with one attached hydrogen (secondary N) is 2. The summed E-state index contributed by atoms with van der Waals surface area (Å²) in [5.74, 6) is 0.360. The fraction of sp³-hybridized carbons (Fsp3) is 0.333. The van der Waals surface area contributed by atoms with E-state index in [2.05, 4.69) is 10.6 Å². The lowest BCUT2D eigenvalue weighted by Crippen LogP contribution is -2.26. The van der Waals surface area contributed by atoms with E-state index < -0.39 is 0 Å². The van der Waals surface area contributed by atoms with Crippen LogP contribution >= 0.6 is 0 Å². The normalized spacial score (nSPS) is 13.7. The molecule has 0 saturated heterocycles. The minimum Gasteiger partial charge on any atom is -0.359 e. The van der Waals surface area contributed by atoms with Crippen LogP contribution in [0.15, 0.2) is 47.3 Å². The highest BCUT2D eigenvalue weighted by atomic mass is 16.2. The van der Waals surface area contributed by atoms with Gasteiger partial charge in [0.25, 0.3) is 11.5 Å². The van der Waals surface area contributed by atoms with Gasteiger partial charge in [0, 0.05) is 31.3 Å². The predicted octanol–water partition coefficient (Wildman–Crippen LogP) is 3.05. The zero-order valence-corrected chi connectivity index (χ0v) is 17.6. The number of hydrogen-bond donors (Lipinski definition) is 2. The largest absolute Gasteiger partial charge is 0.359 e. The third-order valence-electron chi connectivity index (χ3n) is 5.72. The van der Waals surface area contributed by atoms with E-state index in [0.29, 0.717) is 28.7 Å². The number of amides is 2. The summed E-state index contributed by atoms with van der Waals surface area (Å²) in [4.78, 5) is 42.4. The lowest BCUT2D eigenvalue weighted by atomic mass is 10.1. The zero-order valence-electron chi connectivity index (χ0n) is 17.6. The highest BCUT2D eigenvalue weighted by molar-refractivity contribution is 6.06. The minimum absolute atomic E-state index is 0.0372. The van der Waals surface area contributed by atoms with Gasteiger partial charge >= 0.3 is 0 Å². The molecule has 0 unspecified atom stereocenters. The molecule has 4 rings (SSSR count). The average molecular weight is 418 g/mol. The van der Waals surface area contributed by atoms with Crippen LogP contribution in [0.2, 0.25) is 0 Å². The third-order valence-corrected chi connectivity index (χ3v) is 5.72. The molecule has 1 aliphatic heterocycles. The van der Waals surface area contributed by atoms with Crippen molar-refractivity contribution in [2.75, 3.05) is 12.4 Å². The van der Waals surface area contributed by atoms with E-state index >= 15 is 0 Å². The first kappa shape index (κ1) is 20.8. The van der Waals surface area contributed by atoms with Gasteiger partial charge in [0.05, 0.1) is 17.3 Å². The summed E-state index contributed by atoms with van der Waals surface area (Å²) in [5, 5.41) is 6.01. The topological polar surface area (TPSA) is 93.1 Å². The van der Waals surface area contributed by atoms with Gasteiger partial charge in [-0.15, -0.1) is 0 Å². The van der Waals surface area contributed by atoms with E-state index in [-0.39, 0.29) is 23.8 Å². The number of carbonyl (C=O) groups is 2. The molecule has 31 heavy (non-hydrogen) atoms. The van der Waals surface area contributed by atoms with Crippen molar-refractivity contribution in [2.24, 2.45) is 0 Å². The Morgan fingerprint density at radius 2 is 1.87 bits per heavy atom. The quantitative estimate of drug-likeness (QED) is 0.681. The molecule has 3 aromatic rings. The first-order chi connectivity index (χ1) is 15.1. The fourth-order valence-electron chi connectivity index (χ4n) is 3.99.